The Morgan fingerprint density at radius 3 is 2.47 bits per heavy atom. The van der Waals surface area contributed by atoms with E-state index in [0.29, 0.717) is 13.1 Å². The fourth-order valence-corrected chi connectivity index (χ4v) is 3.96. The van der Waals surface area contributed by atoms with Crippen LogP contribution in [0, 0.1) is 18.8 Å². The van der Waals surface area contributed by atoms with Gasteiger partial charge in [-0.2, -0.15) is 0 Å². The lowest BCUT2D eigenvalue weighted by Crippen LogP contribution is -2.35. The number of hydrogen-bond donors (Lipinski definition) is 1. The van der Waals surface area contributed by atoms with Gasteiger partial charge in [-0.1, -0.05) is 55.1 Å². The predicted octanol–water partition coefficient (Wildman–Crippen LogP) is 5.65. The van der Waals surface area contributed by atoms with Crippen molar-refractivity contribution in [2.24, 2.45) is 0 Å². The van der Waals surface area contributed by atoms with Crippen LogP contribution in [0.1, 0.15) is 51.7 Å². The third-order valence-corrected chi connectivity index (χ3v) is 6.38. The van der Waals surface area contributed by atoms with E-state index in [2.05, 4.69) is 24.1 Å². The van der Waals surface area contributed by atoms with Crippen LogP contribution < -0.4 is 10.2 Å². The quantitative estimate of drug-likeness (QED) is 0.519. The first kappa shape index (κ1) is 27.3. The maximum atomic E-state index is 12.4. The summed E-state index contributed by atoms with van der Waals surface area (Å²) in [6, 6.07) is 13.8. The molecule has 0 aromatic heterocycles. The molecule has 1 aliphatic heterocycles. The number of likely N-dealkylation sites (N-methyl/N-ethyl adjacent to an activating group) is 1. The number of aryl methyl sites for hydroxylation is 1. The summed E-state index contributed by atoms with van der Waals surface area (Å²) in [6.07, 6.45) is 2.01. The Bertz CT molecular complexity index is 1050. The molecule has 0 spiro atoms. The van der Waals surface area contributed by atoms with E-state index in [-0.39, 0.29) is 11.8 Å². The Morgan fingerprint density at radius 1 is 1.18 bits per heavy atom. The summed E-state index contributed by atoms with van der Waals surface area (Å²) in [5, 5.41) is 4.20. The van der Waals surface area contributed by atoms with Gasteiger partial charge >= 0.3 is 0 Å². The number of nitrogens with zero attached hydrogens (tertiary/aromatic N) is 2. The number of carbonyl (C=O) groups is 2. The third-order valence-electron chi connectivity index (χ3n) is 5.96. The van der Waals surface area contributed by atoms with Gasteiger partial charge in [-0.15, -0.1) is 0 Å². The number of amides is 2. The number of fused-ring (bicyclic) bond motifs is 1. The van der Waals surface area contributed by atoms with E-state index in [9.17, 15) is 9.59 Å². The molecule has 1 N–H and O–H groups in total. The molecule has 34 heavy (non-hydrogen) atoms. The number of anilines is 2. The van der Waals surface area contributed by atoms with Crippen LogP contribution in [0.4, 0.5) is 11.4 Å². The third kappa shape index (κ3) is 6.77. The Hall–Kier alpha value is -2.97. The Kier molecular flexibility index (Phi) is 10.0. The summed E-state index contributed by atoms with van der Waals surface area (Å²) in [5.41, 5.74) is 3.60. The Balaban J connectivity index is 0.000000430. The number of carbonyl (C=O) groups excluding carboxylic acids is 2. The molecule has 0 fully saturated rings. The summed E-state index contributed by atoms with van der Waals surface area (Å²) >= 11 is 5.71. The van der Waals surface area contributed by atoms with Crippen molar-refractivity contribution in [3.63, 3.8) is 0 Å². The standard InChI is InChI=1S/C21H29N3O2.C7H7Cl/c1-6-8-13-24(19(25)9-7-2)14-12-22-16-10-11-17-18(15-16)23(5)20(26)21(17,3)4;1-6-4-2-3-5-7(6)8/h10-11,15,22H,6,8,12-14H2,1-5H3;2-5H,1H3. The van der Waals surface area contributed by atoms with E-state index >= 15 is 0 Å². The molecule has 0 saturated heterocycles. The highest BCUT2D eigenvalue weighted by Crippen LogP contribution is 2.41. The molecule has 182 valence electrons. The molecule has 3 rings (SSSR count). The van der Waals surface area contributed by atoms with Crippen LogP contribution in [0.2, 0.25) is 5.02 Å². The first-order chi connectivity index (χ1) is 16.1. The van der Waals surface area contributed by atoms with Crippen molar-refractivity contribution in [1.29, 1.82) is 0 Å². The normalized spacial score (nSPS) is 13.3. The average Bonchev–Trinajstić information content (AvgIpc) is 2.98. The number of unbranched alkanes of at least 4 members (excludes halogenated alkanes) is 1. The zero-order valence-electron chi connectivity index (χ0n) is 21.2. The number of rotatable bonds is 7. The molecule has 0 unspecified atom stereocenters. The van der Waals surface area contributed by atoms with Crippen molar-refractivity contribution in [3.8, 4) is 11.8 Å². The van der Waals surface area contributed by atoms with E-state index in [1.54, 1.807) is 16.7 Å². The van der Waals surface area contributed by atoms with Gasteiger partial charge in [-0.25, -0.2) is 0 Å². The zero-order chi connectivity index (χ0) is 25.3. The molecule has 5 nitrogen and oxygen atoms in total. The van der Waals surface area contributed by atoms with Gasteiger partial charge in [0.15, 0.2) is 0 Å². The molecule has 6 heteroatoms. The van der Waals surface area contributed by atoms with Gasteiger partial charge in [0.25, 0.3) is 5.91 Å². The van der Waals surface area contributed by atoms with E-state index in [1.807, 2.05) is 70.3 Å². The summed E-state index contributed by atoms with van der Waals surface area (Å²) in [5.74, 6) is 5.29. The highest BCUT2D eigenvalue weighted by molar-refractivity contribution is 6.31. The van der Waals surface area contributed by atoms with E-state index in [1.165, 1.54) is 0 Å². The molecule has 2 aromatic rings. The molecular formula is C28H36ClN3O2. The zero-order valence-corrected chi connectivity index (χ0v) is 21.9. The number of hydrogen-bond acceptors (Lipinski definition) is 3. The van der Waals surface area contributed by atoms with Gasteiger partial charge in [-0.3, -0.25) is 9.59 Å². The molecule has 0 saturated carbocycles. The second kappa shape index (κ2) is 12.5. The van der Waals surface area contributed by atoms with Crippen LogP contribution in [0.3, 0.4) is 0 Å². The van der Waals surface area contributed by atoms with Gasteiger partial charge in [0.05, 0.1) is 5.41 Å². The fraction of sp³-hybridized carbons (Fsp3) is 0.429. The SMILES string of the molecule is CC#CC(=O)N(CCCC)CCNc1ccc2c(c1)N(C)C(=O)C2(C)C.Cc1ccccc1Cl. The molecular weight excluding hydrogens is 446 g/mol. The van der Waals surface area contributed by atoms with E-state index in [4.69, 9.17) is 11.6 Å². The summed E-state index contributed by atoms with van der Waals surface area (Å²) < 4.78 is 0. The molecule has 0 bridgehead atoms. The van der Waals surface area contributed by atoms with Crippen LogP contribution in [-0.2, 0) is 15.0 Å². The lowest BCUT2D eigenvalue weighted by atomic mass is 9.86. The fourth-order valence-electron chi connectivity index (χ4n) is 3.83. The van der Waals surface area contributed by atoms with E-state index in [0.717, 1.165) is 46.9 Å². The van der Waals surface area contributed by atoms with Gasteiger partial charge in [0.2, 0.25) is 5.91 Å². The first-order valence-electron chi connectivity index (χ1n) is 11.7. The van der Waals surface area contributed by atoms with Crippen molar-refractivity contribution in [1.82, 2.24) is 4.90 Å². The largest absolute Gasteiger partial charge is 0.383 e. The van der Waals surface area contributed by atoms with Crippen molar-refractivity contribution in [2.45, 2.75) is 52.9 Å². The number of halogens is 1. The van der Waals surface area contributed by atoms with Crippen molar-refractivity contribution >= 4 is 34.8 Å². The second-order valence-electron chi connectivity index (χ2n) is 8.92. The molecule has 1 aliphatic rings. The minimum absolute atomic E-state index is 0.110. The lowest BCUT2D eigenvalue weighted by Gasteiger charge is -2.21. The smallest absolute Gasteiger partial charge is 0.298 e. The van der Waals surface area contributed by atoms with Crippen LogP contribution >= 0.6 is 11.6 Å². The minimum atomic E-state index is -0.481. The highest BCUT2D eigenvalue weighted by atomic mass is 35.5. The summed E-state index contributed by atoms with van der Waals surface area (Å²) in [6.45, 7) is 11.6. The van der Waals surface area contributed by atoms with Crippen molar-refractivity contribution in [3.05, 3.63) is 58.6 Å². The van der Waals surface area contributed by atoms with Crippen molar-refractivity contribution < 1.29 is 9.59 Å². The second-order valence-corrected chi connectivity index (χ2v) is 9.33. The van der Waals surface area contributed by atoms with E-state index < -0.39 is 5.41 Å². The van der Waals surface area contributed by atoms with Crippen LogP contribution in [0.5, 0.6) is 0 Å². The van der Waals surface area contributed by atoms with Crippen molar-refractivity contribution in [2.75, 3.05) is 36.9 Å². The topological polar surface area (TPSA) is 52.7 Å². The van der Waals surface area contributed by atoms with Gasteiger partial charge < -0.3 is 15.1 Å². The Labute approximate surface area is 209 Å². The van der Waals surface area contributed by atoms with Crippen LogP contribution in [0.15, 0.2) is 42.5 Å². The van der Waals surface area contributed by atoms with Crippen LogP contribution in [-0.4, -0.2) is 43.4 Å². The summed E-state index contributed by atoms with van der Waals surface area (Å²) in [4.78, 5) is 28.0. The van der Waals surface area contributed by atoms with Gasteiger partial charge in [0, 0.05) is 43.1 Å². The number of benzene rings is 2. The molecule has 2 amide bonds. The maximum Gasteiger partial charge on any atom is 0.298 e. The molecule has 2 aromatic carbocycles. The van der Waals surface area contributed by atoms with Gasteiger partial charge in [0.1, 0.15) is 0 Å². The maximum absolute atomic E-state index is 12.4. The molecule has 0 aliphatic carbocycles. The monoisotopic (exact) mass is 481 g/mol. The minimum Gasteiger partial charge on any atom is -0.383 e. The molecule has 0 atom stereocenters. The predicted molar refractivity (Wildman–Crippen MR) is 142 cm³/mol. The average molecular weight is 482 g/mol. The lowest BCUT2D eigenvalue weighted by molar-refractivity contribution is -0.125. The van der Waals surface area contributed by atoms with Crippen LogP contribution in [0.25, 0.3) is 0 Å². The summed E-state index contributed by atoms with van der Waals surface area (Å²) in [7, 11) is 1.81. The Morgan fingerprint density at radius 2 is 1.88 bits per heavy atom. The molecule has 1 heterocycles. The first-order valence-corrected chi connectivity index (χ1v) is 12.1. The highest BCUT2D eigenvalue weighted by Gasteiger charge is 2.42. The number of nitrogens with one attached hydrogen (secondary N) is 1. The molecule has 0 radical (unpaired) electrons. The van der Waals surface area contributed by atoms with Gasteiger partial charge in [-0.05, 0) is 69.4 Å².